The number of hydrogen-bond donors (Lipinski definition) is 0. The molecule has 0 radical (unpaired) electrons. The van der Waals surface area contributed by atoms with Crippen molar-refractivity contribution in [2.24, 2.45) is 5.92 Å². The molecule has 0 aliphatic heterocycles. The van der Waals surface area contributed by atoms with Crippen LogP contribution in [0.15, 0.2) is 54.6 Å². The van der Waals surface area contributed by atoms with Gasteiger partial charge in [0.25, 0.3) is 0 Å². The van der Waals surface area contributed by atoms with E-state index in [4.69, 9.17) is 0 Å². The van der Waals surface area contributed by atoms with Gasteiger partial charge in [-0.1, -0.05) is 54.6 Å². The van der Waals surface area contributed by atoms with Gasteiger partial charge >= 0.3 is 0 Å². The zero-order valence-corrected chi connectivity index (χ0v) is 12.5. The molecule has 0 heterocycles. The molecular formula is C19H20O2. The van der Waals surface area contributed by atoms with Gasteiger partial charge in [-0.3, -0.25) is 4.79 Å². The van der Waals surface area contributed by atoms with Crippen LogP contribution in [0.25, 0.3) is 11.1 Å². The number of rotatable bonds is 6. The first-order valence-corrected chi connectivity index (χ1v) is 7.20. The van der Waals surface area contributed by atoms with Crippen LogP contribution < -0.4 is 0 Å². The van der Waals surface area contributed by atoms with Crippen molar-refractivity contribution in [2.45, 2.75) is 26.7 Å². The highest BCUT2D eigenvalue weighted by atomic mass is 16.1. The number of Topliss-reactive ketones (excluding diaryl/α,β-unsaturated/α-hetero) is 2. The van der Waals surface area contributed by atoms with Crippen LogP contribution in [0.5, 0.6) is 0 Å². The normalized spacial score (nSPS) is 11.9. The number of carbonyl (C=O) groups excluding carboxylic acids is 2. The Morgan fingerprint density at radius 2 is 1.43 bits per heavy atom. The van der Waals surface area contributed by atoms with E-state index >= 15 is 0 Å². The molecular weight excluding hydrogens is 260 g/mol. The Morgan fingerprint density at radius 3 is 1.95 bits per heavy atom. The van der Waals surface area contributed by atoms with E-state index in [1.54, 1.807) is 6.92 Å². The molecule has 0 fully saturated rings. The minimum atomic E-state index is -0.204. The van der Waals surface area contributed by atoms with E-state index in [0.29, 0.717) is 12.8 Å². The lowest BCUT2D eigenvalue weighted by Crippen LogP contribution is -2.17. The summed E-state index contributed by atoms with van der Waals surface area (Å²) in [5.41, 5.74) is 3.43. The average Bonchev–Trinajstić information content (AvgIpc) is 2.48. The van der Waals surface area contributed by atoms with Crippen LogP contribution >= 0.6 is 0 Å². The van der Waals surface area contributed by atoms with Gasteiger partial charge in [-0.25, -0.2) is 0 Å². The average molecular weight is 280 g/mol. The van der Waals surface area contributed by atoms with Gasteiger partial charge in [0.1, 0.15) is 11.6 Å². The van der Waals surface area contributed by atoms with Crippen molar-refractivity contribution in [1.29, 1.82) is 0 Å². The van der Waals surface area contributed by atoms with E-state index in [9.17, 15) is 9.59 Å². The van der Waals surface area contributed by atoms with Gasteiger partial charge in [-0.15, -0.1) is 0 Å². The molecule has 2 nitrogen and oxygen atoms in total. The molecule has 0 N–H and O–H groups in total. The molecule has 0 aliphatic carbocycles. The van der Waals surface area contributed by atoms with Gasteiger partial charge in [0.2, 0.25) is 0 Å². The van der Waals surface area contributed by atoms with Crippen molar-refractivity contribution in [3.8, 4) is 11.1 Å². The molecule has 2 rings (SSSR count). The maximum atomic E-state index is 11.6. The summed E-state index contributed by atoms with van der Waals surface area (Å²) in [5.74, 6) is -0.0569. The van der Waals surface area contributed by atoms with Crippen LogP contribution in [0.2, 0.25) is 0 Å². The van der Waals surface area contributed by atoms with Crippen LogP contribution in [0, 0.1) is 5.92 Å². The van der Waals surface area contributed by atoms with Crippen molar-refractivity contribution < 1.29 is 9.59 Å². The van der Waals surface area contributed by atoms with Gasteiger partial charge in [0, 0.05) is 12.3 Å². The Balaban J connectivity index is 2.11. The summed E-state index contributed by atoms with van der Waals surface area (Å²) < 4.78 is 0. The predicted molar refractivity (Wildman–Crippen MR) is 85.1 cm³/mol. The summed E-state index contributed by atoms with van der Waals surface area (Å²) in [5, 5.41) is 0. The lowest BCUT2D eigenvalue weighted by atomic mass is 9.91. The molecule has 0 aromatic heterocycles. The molecule has 21 heavy (non-hydrogen) atoms. The molecule has 2 aromatic carbocycles. The zero-order valence-electron chi connectivity index (χ0n) is 12.5. The molecule has 2 heteroatoms. The SMILES string of the molecule is CC(=O)C[C@H](Cc1ccc(-c2ccccc2)cc1)C(C)=O. The summed E-state index contributed by atoms with van der Waals surface area (Å²) in [7, 11) is 0. The smallest absolute Gasteiger partial charge is 0.133 e. The van der Waals surface area contributed by atoms with Gasteiger partial charge in [-0.05, 0) is 37.0 Å². The summed E-state index contributed by atoms with van der Waals surface area (Å²) in [6.07, 6.45) is 0.958. The molecule has 0 aliphatic rings. The van der Waals surface area contributed by atoms with Crippen molar-refractivity contribution in [3.05, 3.63) is 60.2 Å². The molecule has 1 atom stereocenters. The van der Waals surface area contributed by atoms with Crippen LogP contribution in [0.3, 0.4) is 0 Å². The molecule has 2 aromatic rings. The van der Waals surface area contributed by atoms with Crippen molar-refractivity contribution >= 4 is 11.6 Å². The lowest BCUT2D eigenvalue weighted by molar-refractivity contribution is -0.125. The Bertz CT molecular complexity index is 612. The van der Waals surface area contributed by atoms with E-state index in [-0.39, 0.29) is 17.5 Å². The topological polar surface area (TPSA) is 34.1 Å². The van der Waals surface area contributed by atoms with Crippen molar-refractivity contribution in [2.75, 3.05) is 0 Å². The van der Waals surface area contributed by atoms with Crippen molar-refractivity contribution in [3.63, 3.8) is 0 Å². The highest BCUT2D eigenvalue weighted by Gasteiger charge is 2.16. The lowest BCUT2D eigenvalue weighted by Gasteiger charge is -2.12. The summed E-state index contributed by atoms with van der Waals surface area (Å²) in [6, 6.07) is 18.4. The molecule has 0 unspecified atom stereocenters. The first-order valence-electron chi connectivity index (χ1n) is 7.20. The molecule has 0 saturated heterocycles. The maximum absolute atomic E-state index is 11.6. The third-order valence-corrected chi connectivity index (χ3v) is 3.65. The van der Waals surface area contributed by atoms with Gasteiger partial charge < -0.3 is 4.79 Å². The van der Waals surface area contributed by atoms with E-state index < -0.39 is 0 Å². The van der Waals surface area contributed by atoms with Crippen LogP contribution in [0.1, 0.15) is 25.8 Å². The Morgan fingerprint density at radius 1 is 0.857 bits per heavy atom. The Kier molecular flexibility index (Phi) is 5.04. The number of carbonyl (C=O) groups is 2. The van der Waals surface area contributed by atoms with E-state index in [1.165, 1.54) is 12.5 Å². The molecule has 0 spiro atoms. The number of hydrogen-bond acceptors (Lipinski definition) is 2. The second-order valence-electron chi connectivity index (χ2n) is 5.48. The van der Waals surface area contributed by atoms with Gasteiger partial charge in [-0.2, -0.15) is 0 Å². The molecule has 0 amide bonds. The molecule has 108 valence electrons. The largest absolute Gasteiger partial charge is 0.300 e. The fourth-order valence-corrected chi connectivity index (χ4v) is 2.46. The monoisotopic (exact) mass is 280 g/mol. The quantitative estimate of drug-likeness (QED) is 0.799. The first kappa shape index (κ1) is 15.2. The van der Waals surface area contributed by atoms with Gasteiger partial charge in [0.15, 0.2) is 0 Å². The van der Waals surface area contributed by atoms with Crippen molar-refractivity contribution in [1.82, 2.24) is 0 Å². The van der Waals surface area contributed by atoms with E-state index in [2.05, 4.69) is 24.3 Å². The van der Waals surface area contributed by atoms with Gasteiger partial charge in [0.05, 0.1) is 0 Å². The fourth-order valence-electron chi connectivity index (χ4n) is 2.46. The van der Waals surface area contributed by atoms with Crippen LogP contribution in [-0.4, -0.2) is 11.6 Å². The Hall–Kier alpha value is -2.22. The number of benzene rings is 2. The maximum Gasteiger partial charge on any atom is 0.133 e. The van der Waals surface area contributed by atoms with E-state index in [1.807, 2.05) is 30.3 Å². The molecule has 0 bridgehead atoms. The van der Waals surface area contributed by atoms with E-state index in [0.717, 1.165) is 11.1 Å². The third-order valence-electron chi connectivity index (χ3n) is 3.65. The third kappa shape index (κ3) is 4.38. The standard InChI is InChI=1S/C19H20O2/c1-14(20)12-19(15(2)21)13-16-8-10-18(11-9-16)17-6-4-3-5-7-17/h3-11,19H,12-13H2,1-2H3/t19-/m1/s1. The summed E-state index contributed by atoms with van der Waals surface area (Å²) in [4.78, 5) is 22.9. The Labute approximate surface area is 125 Å². The minimum absolute atomic E-state index is 0.0658. The zero-order chi connectivity index (χ0) is 15.2. The van der Waals surface area contributed by atoms with Crippen LogP contribution in [0.4, 0.5) is 0 Å². The highest BCUT2D eigenvalue weighted by Crippen LogP contribution is 2.21. The summed E-state index contributed by atoms with van der Waals surface area (Å²) >= 11 is 0. The number of ketones is 2. The fraction of sp³-hybridized carbons (Fsp3) is 0.263. The predicted octanol–water partition coefficient (Wildman–Crippen LogP) is 4.08. The minimum Gasteiger partial charge on any atom is -0.300 e. The second-order valence-corrected chi connectivity index (χ2v) is 5.48. The second kappa shape index (κ2) is 6.98. The highest BCUT2D eigenvalue weighted by molar-refractivity contribution is 5.85. The van der Waals surface area contributed by atoms with Crippen LogP contribution in [-0.2, 0) is 16.0 Å². The summed E-state index contributed by atoms with van der Waals surface area (Å²) in [6.45, 7) is 3.10. The molecule has 0 saturated carbocycles. The first-order chi connectivity index (χ1) is 10.1.